The van der Waals surface area contributed by atoms with Crippen LogP contribution in [-0.4, -0.2) is 16.4 Å². The molecular formula is C14H16ClN3OS. The normalized spacial score (nSPS) is 11.2. The Balaban J connectivity index is 2.10. The van der Waals surface area contributed by atoms with Crippen LogP contribution in [-0.2, 0) is 0 Å². The van der Waals surface area contributed by atoms with Crippen LogP contribution in [0.3, 0.4) is 0 Å². The van der Waals surface area contributed by atoms with Crippen LogP contribution < -0.4 is 10.6 Å². The van der Waals surface area contributed by atoms with E-state index in [0.29, 0.717) is 15.8 Å². The molecule has 0 radical (unpaired) electrons. The van der Waals surface area contributed by atoms with Gasteiger partial charge in [0, 0.05) is 10.9 Å². The number of benzene rings is 1. The molecule has 20 heavy (non-hydrogen) atoms. The molecule has 0 saturated heterocycles. The van der Waals surface area contributed by atoms with E-state index in [9.17, 15) is 4.79 Å². The van der Waals surface area contributed by atoms with E-state index in [1.807, 2.05) is 39.0 Å². The van der Waals surface area contributed by atoms with Crippen molar-refractivity contribution >= 4 is 39.7 Å². The molecule has 0 spiro atoms. The molecule has 0 unspecified atom stereocenters. The molecule has 4 nitrogen and oxygen atoms in total. The number of halogens is 1. The number of nitrogens with zero attached hydrogens (tertiary/aromatic N) is 1. The number of aromatic nitrogens is 1. The van der Waals surface area contributed by atoms with Crippen molar-refractivity contribution in [3.05, 3.63) is 40.4 Å². The second-order valence-corrected chi connectivity index (χ2v) is 6.61. The molecular weight excluding hydrogens is 294 g/mol. The first kappa shape index (κ1) is 14.8. The zero-order valence-electron chi connectivity index (χ0n) is 11.5. The van der Waals surface area contributed by atoms with E-state index in [1.165, 1.54) is 11.3 Å². The second kappa shape index (κ2) is 5.81. The predicted molar refractivity (Wildman–Crippen MR) is 84.1 cm³/mol. The SMILES string of the molecule is CC(C)(C)NC(=O)c1csc(Nc2ccccc2Cl)n1. The number of anilines is 2. The van der Waals surface area contributed by atoms with Crippen LogP contribution in [0.1, 0.15) is 31.3 Å². The van der Waals surface area contributed by atoms with Gasteiger partial charge in [-0.3, -0.25) is 4.79 Å². The molecule has 0 aliphatic carbocycles. The summed E-state index contributed by atoms with van der Waals surface area (Å²) in [6.45, 7) is 5.79. The molecule has 0 saturated carbocycles. The van der Waals surface area contributed by atoms with E-state index in [-0.39, 0.29) is 11.4 Å². The average molecular weight is 310 g/mol. The monoisotopic (exact) mass is 309 g/mol. The Hall–Kier alpha value is -1.59. The van der Waals surface area contributed by atoms with Gasteiger partial charge >= 0.3 is 0 Å². The molecule has 6 heteroatoms. The predicted octanol–water partition coefficient (Wildman–Crippen LogP) is 4.07. The van der Waals surface area contributed by atoms with E-state index in [0.717, 1.165) is 5.69 Å². The van der Waals surface area contributed by atoms with Crippen LogP contribution in [0, 0.1) is 0 Å². The van der Waals surface area contributed by atoms with Gasteiger partial charge in [0.2, 0.25) is 0 Å². The van der Waals surface area contributed by atoms with Crippen LogP contribution in [0.4, 0.5) is 10.8 Å². The van der Waals surface area contributed by atoms with Gasteiger partial charge in [-0.1, -0.05) is 23.7 Å². The van der Waals surface area contributed by atoms with Crippen molar-refractivity contribution < 1.29 is 4.79 Å². The Morgan fingerprint density at radius 2 is 2.00 bits per heavy atom. The molecule has 1 amide bonds. The van der Waals surface area contributed by atoms with Crippen LogP contribution in [0.25, 0.3) is 0 Å². The van der Waals surface area contributed by atoms with Gasteiger partial charge in [-0.2, -0.15) is 0 Å². The summed E-state index contributed by atoms with van der Waals surface area (Å²) in [4.78, 5) is 16.2. The zero-order chi connectivity index (χ0) is 14.8. The molecule has 2 rings (SSSR count). The van der Waals surface area contributed by atoms with E-state index in [4.69, 9.17) is 11.6 Å². The fourth-order valence-electron chi connectivity index (χ4n) is 1.52. The van der Waals surface area contributed by atoms with Gasteiger partial charge in [0.05, 0.1) is 10.7 Å². The third-order valence-electron chi connectivity index (χ3n) is 2.34. The average Bonchev–Trinajstić information content (AvgIpc) is 2.79. The first-order valence-corrected chi connectivity index (χ1v) is 7.40. The molecule has 2 N–H and O–H groups in total. The van der Waals surface area contributed by atoms with Crippen molar-refractivity contribution in [3.63, 3.8) is 0 Å². The van der Waals surface area contributed by atoms with Gasteiger partial charge in [-0.25, -0.2) is 4.98 Å². The molecule has 106 valence electrons. The summed E-state index contributed by atoms with van der Waals surface area (Å²) in [5.41, 5.74) is 0.891. The number of nitrogens with one attached hydrogen (secondary N) is 2. The highest BCUT2D eigenvalue weighted by Gasteiger charge is 2.17. The lowest BCUT2D eigenvalue weighted by molar-refractivity contribution is 0.0915. The topological polar surface area (TPSA) is 54.0 Å². The number of thiazole rings is 1. The molecule has 0 bridgehead atoms. The fourth-order valence-corrected chi connectivity index (χ4v) is 2.40. The fraction of sp³-hybridized carbons (Fsp3) is 0.286. The Kier molecular flexibility index (Phi) is 4.30. The Morgan fingerprint density at radius 1 is 1.30 bits per heavy atom. The van der Waals surface area contributed by atoms with Crippen molar-refractivity contribution in [3.8, 4) is 0 Å². The van der Waals surface area contributed by atoms with Crippen molar-refractivity contribution in [2.75, 3.05) is 5.32 Å². The van der Waals surface area contributed by atoms with Crippen molar-refractivity contribution in [1.82, 2.24) is 10.3 Å². The Labute approximate surface area is 127 Å². The van der Waals surface area contributed by atoms with E-state index < -0.39 is 0 Å². The maximum atomic E-state index is 12.0. The summed E-state index contributed by atoms with van der Waals surface area (Å²) in [5, 5.41) is 8.95. The summed E-state index contributed by atoms with van der Waals surface area (Å²) < 4.78 is 0. The summed E-state index contributed by atoms with van der Waals surface area (Å²) >= 11 is 7.43. The Bertz CT molecular complexity index is 619. The zero-order valence-corrected chi connectivity index (χ0v) is 13.1. The number of para-hydroxylation sites is 1. The minimum absolute atomic E-state index is 0.180. The third kappa shape index (κ3) is 3.95. The lowest BCUT2D eigenvalue weighted by Gasteiger charge is -2.19. The summed E-state index contributed by atoms with van der Waals surface area (Å²) in [6.07, 6.45) is 0. The highest BCUT2D eigenvalue weighted by molar-refractivity contribution is 7.14. The van der Waals surface area contributed by atoms with Crippen molar-refractivity contribution in [2.45, 2.75) is 26.3 Å². The van der Waals surface area contributed by atoms with Crippen LogP contribution >= 0.6 is 22.9 Å². The molecule has 0 aliphatic heterocycles. The first-order chi connectivity index (χ1) is 9.35. The molecule has 0 fully saturated rings. The number of carbonyl (C=O) groups is 1. The van der Waals surface area contributed by atoms with E-state index in [1.54, 1.807) is 11.4 Å². The largest absolute Gasteiger partial charge is 0.346 e. The summed E-state index contributed by atoms with van der Waals surface area (Å²) in [5.74, 6) is -0.180. The number of hydrogen-bond acceptors (Lipinski definition) is 4. The van der Waals surface area contributed by atoms with Gasteiger partial charge in [-0.05, 0) is 32.9 Å². The van der Waals surface area contributed by atoms with E-state index >= 15 is 0 Å². The molecule has 0 atom stereocenters. The maximum Gasteiger partial charge on any atom is 0.271 e. The van der Waals surface area contributed by atoms with E-state index in [2.05, 4.69) is 15.6 Å². The molecule has 0 aliphatic rings. The van der Waals surface area contributed by atoms with Crippen molar-refractivity contribution in [1.29, 1.82) is 0 Å². The highest BCUT2D eigenvalue weighted by atomic mass is 35.5. The van der Waals surface area contributed by atoms with Crippen molar-refractivity contribution in [2.24, 2.45) is 0 Å². The van der Waals surface area contributed by atoms with Gasteiger partial charge in [0.1, 0.15) is 5.69 Å². The van der Waals surface area contributed by atoms with Crippen LogP contribution in [0.2, 0.25) is 5.02 Å². The number of rotatable bonds is 3. The third-order valence-corrected chi connectivity index (χ3v) is 3.43. The Morgan fingerprint density at radius 3 is 2.65 bits per heavy atom. The summed E-state index contributed by atoms with van der Waals surface area (Å²) in [7, 11) is 0. The standard InChI is InChI=1S/C14H16ClN3OS/c1-14(2,3)18-12(19)11-8-20-13(17-11)16-10-7-5-4-6-9(10)15/h4-8H,1-3H3,(H,16,17)(H,18,19). The number of carbonyl (C=O) groups excluding carboxylic acids is 1. The molecule has 2 aromatic rings. The minimum Gasteiger partial charge on any atom is -0.346 e. The smallest absolute Gasteiger partial charge is 0.271 e. The minimum atomic E-state index is -0.281. The lowest BCUT2D eigenvalue weighted by Crippen LogP contribution is -2.40. The quantitative estimate of drug-likeness (QED) is 0.898. The molecule has 1 heterocycles. The van der Waals surface area contributed by atoms with Gasteiger partial charge < -0.3 is 10.6 Å². The lowest BCUT2D eigenvalue weighted by atomic mass is 10.1. The highest BCUT2D eigenvalue weighted by Crippen LogP contribution is 2.26. The van der Waals surface area contributed by atoms with Gasteiger partial charge in [0.15, 0.2) is 5.13 Å². The maximum absolute atomic E-state index is 12.0. The molecule has 1 aromatic carbocycles. The second-order valence-electron chi connectivity index (χ2n) is 5.35. The number of hydrogen-bond donors (Lipinski definition) is 2. The first-order valence-electron chi connectivity index (χ1n) is 6.15. The van der Waals surface area contributed by atoms with Gasteiger partial charge in [0.25, 0.3) is 5.91 Å². The van der Waals surface area contributed by atoms with Crippen LogP contribution in [0.15, 0.2) is 29.6 Å². The summed E-state index contributed by atoms with van der Waals surface area (Å²) in [6, 6.07) is 7.40. The number of amides is 1. The van der Waals surface area contributed by atoms with Gasteiger partial charge in [-0.15, -0.1) is 11.3 Å². The molecule has 1 aromatic heterocycles. The van der Waals surface area contributed by atoms with Crippen LogP contribution in [0.5, 0.6) is 0 Å².